The molecule has 3 aromatic rings. The highest BCUT2D eigenvalue weighted by molar-refractivity contribution is 7.89. The number of rotatable bonds is 5. The zero-order chi connectivity index (χ0) is 22.0. The largest absolute Gasteiger partial charge is 0.321 e. The second kappa shape index (κ2) is 8.78. The Bertz CT molecular complexity index is 1220. The number of nitrogens with one attached hydrogen (secondary N) is 3. The molecular weight excluding hydrogens is 410 g/mol. The second-order valence-corrected chi connectivity index (χ2v) is 9.81. The molecule has 1 aliphatic heterocycles. The van der Waals surface area contributed by atoms with Gasteiger partial charge in [0.05, 0.1) is 4.90 Å². The van der Waals surface area contributed by atoms with Gasteiger partial charge in [0.15, 0.2) is 0 Å². The van der Waals surface area contributed by atoms with E-state index in [0.29, 0.717) is 22.0 Å². The number of piperidine rings is 1. The minimum absolute atomic E-state index is 0.106. The number of hydrogen-bond acceptors (Lipinski definition) is 4. The fourth-order valence-electron chi connectivity index (χ4n) is 4.08. The topological polar surface area (TPSA) is 87.3 Å². The van der Waals surface area contributed by atoms with E-state index in [1.165, 1.54) is 0 Å². The Morgan fingerprint density at radius 2 is 1.71 bits per heavy atom. The molecule has 4 rings (SSSR count). The molecule has 1 saturated heterocycles. The number of sulfonamides is 1. The minimum atomic E-state index is -3.71. The van der Waals surface area contributed by atoms with Crippen molar-refractivity contribution in [2.75, 3.05) is 18.4 Å². The number of carbonyl (C=O) groups excluding carboxylic acids is 1. The third-order valence-electron chi connectivity index (χ3n) is 5.90. The lowest BCUT2D eigenvalue weighted by Gasteiger charge is -2.30. The van der Waals surface area contributed by atoms with Gasteiger partial charge in [-0.15, -0.1) is 0 Å². The summed E-state index contributed by atoms with van der Waals surface area (Å²) >= 11 is 0. The fourth-order valence-corrected chi connectivity index (χ4v) is 5.67. The van der Waals surface area contributed by atoms with Crippen molar-refractivity contribution in [3.63, 3.8) is 0 Å². The van der Waals surface area contributed by atoms with Crippen molar-refractivity contribution in [1.82, 2.24) is 10.0 Å². The number of carbonyl (C=O) groups is 1. The summed E-state index contributed by atoms with van der Waals surface area (Å²) < 4.78 is 29.4. The summed E-state index contributed by atoms with van der Waals surface area (Å²) in [4.78, 5) is 13.0. The zero-order valence-corrected chi connectivity index (χ0v) is 18.5. The van der Waals surface area contributed by atoms with E-state index in [1.807, 2.05) is 44.2 Å². The number of anilines is 1. The third-order valence-corrected chi connectivity index (χ3v) is 7.45. The Kier molecular flexibility index (Phi) is 6.09. The van der Waals surface area contributed by atoms with Crippen molar-refractivity contribution < 1.29 is 13.2 Å². The van der Waals surface area contributed by atoms with Gasteiger partial charge in [-0.05, 0) is 56.1 Å². The van der Waals surface area contributed by atoms with Gasteiger partial charge in [-0.2, -0.15) is 0 Å². The maximum atomic E-state index is 13.2. The molecule has 1 aliphatic rings. The summed E-state index contributed by atoms with van der Waals surface area (Å²) in [5.74, 6) is -0.0111. The Labute approximate surface area is 183 Å². The zero-order valence-electron chi connectivity index (χ0n) is 17.7. The van der Waals surface area contributed by atoms with Crippen LogP contribution in [0.4, 0.5) is 5.69 Å². The lowest BCUT2D eigenvalue weighted by atomic mass is 9.97. The molecule has 162 valence electrons. The molecule has 1 fully saturated rings. The van der Waals surface area contributed by atoms with Crippen LogP contribution >= 0.6 is 0 Å². The predicted octanol–water partition coefficient (Wildman–Crippen LogP) is 3.68. The SMILES string of the molecule is Cc1ccccc1C(=O)Nc1ccc(S(=O)(=O)N[C@@H]2CCNC[C@H]2C)c2ccccc12. The van der Waals surface area contributed by atoms with Crippen LogP contribution in [0.1, 0.15) is 29.3 Å². The summed E-state index contributed by atoms with van der Waals surface area (Å²) in [5.41, 5.74) is 2.05. The number of aryl methyl sites for hydroxylation is 1. The monoisotopic (exact) mass is 437 g/mol. The molecule has 0 aliphatic carbocycles. The molecule has 2 atom stereocenters. The van der Waals surface area contributed by atoms with E-state index in [0.717, 1.165) is 25.1 Å². The molecule has 0 spiro atoms. The van der Waals surface area contributed by atoms with Gasteiger partial charge >= 0.3 is 0 Å². The molecular formula is C24H27N3O3S. The molecule has 1 amide bonds. The Hall–Kier alpha value is -2.74. The van der Waals surface area contributed by atoms with E-state index < -0.39 is 10.0 Å². The predicted molar refractivity (Wildman–Crippen MR) is 124 cm³/mol. The summed E-state index contributed by atoms with van der Waals surface area (Å²) in [6.07, 6.45) is 0.753. The smallest absolute Gasteiger partial charge is 0.255 e. The van der Waals surface area contributed by atoms with E-state index in [4.69, 9.17) is 0 Å². The highest BCUT2D eigenvalue weighted by Gasteiger charge is 2.28. The first-order valence-electron chi connectivity index (χ1n) is 10.5. The van der Waals surface area contributed by atoms with Crippen LogP contribution in [0.5, 0.6) is 0 Å². The molecule has 0 bridgehead atoms. The second-order valence-electron chi connectivity index (χ2n) is 8.12. The van der Waals surface area contributed by atoms with E-state index in [1.54, 1.807) is 30.3 Å². The van der Waals surface area contributed by atoms with E-state index >= 15 is 0 Å². The summed E-state index contributed by atoms with van der Waals surface area (Å²) in [7, 11) is -3.71. The molecule has 6 nitrogen and oxygen atoms in total. The first kappa shape index (κ1) is 21.5. The van der Waals surface area contributed by atoms with Crippen LogP contribution in [0.25, 0.3) is 10.8 Å². The van der Waals surface area contributed by atoms with Crippen LogP contribution in [0.3, 0.4) is 0 Å². The summed E-state index contributed by atoms with van der Waals surface area (Å²) in [5, 5.41) is 7.50. The molecule has 7 heteroatoms. The number of amides is 1. The lowest BCUT2D eigenvalue weighted by Crippen LogP contribution is -2.48. The molecule has 3 aromatic carbocycles. The Balaban J connectivity index is 1.68. The van der Waals surface area contributed by atoms with Crippen molar-refractivity contribution in [3.05, 3.63) is 71.8 Å². The van der Waals surface area contributed by atoms with Crippen molar-refractivity contribution in [2.24, 2.45) is 5.92 Å². The van der Waals surface area contributed by atoms with Gasteiger partial charge in [0.25, 0.3) is 5.91 Å². The van der Waals surface area contributed by atoms with E-state index in [-0.39, 0.29) is 22.8 Å². The molecule has 0 unspecified atom stereocenters. The van der Waals surface area contributed by atoms with Crippen LogP contribution in [0, 0.1) is 12.8 Å². The van der Waals surface area contributed by atoms with Crippen LogP contribution in [-0.2, 0) is 10.0 Å². The molecule has 1 heterocycles. The minimum Gasteiger partial charge on any atom is -0.321 e. The molecule has 0 radical (unpaired) electrons. The Morgan fingerprint density at radius 1 is 1.00 bits per heavy atom. The van der Waals surface area contributed by atoms with Crippen molar-refractivity contribution in [1.29, 1.82) is 0 Å². The number of fused-ring (bicyclic) bond motifs is 1. The third kappa shape index (κ3) is 4.49. The fraction of sp³-hybridized carbons (Fsp3) is 0.292. The van der Waals surface area contributed by atoms with Crippen molar-refractivity contribution >= 4 is 32.4 Å². The standard InChI is InChI=1S/C24H27N3O3S/c1-16-7-3-4-8-18(16)24(28)26-22-11-12-23(20-10-6-5-9-19(20)22)31(29,30)27-21-13-14-25-15-17(21)2/h3-12,17,21,25,27H,13-15H2,1-2H3,(H,26,28)/t17-,21-/m1/s1. The summed E-state index contributed by atoms with van der Waals surface area (Å²) in [6.45, 7) is 5.51. The normalized spacial score (nSPS) is 19.3. The van der Waals surface area contributed by atoms with Gasteiger partial charge in [-0.1, -0.05) is 49.4 Å². The number of benzene rings is 3. The van der Waals surface area contributed by atoms with Gasteiger partial charge in [0, 0.05) is 28.1 Å². The van der Waals surface area contributed by atoms with Crippen molar-refractivity contribution in [3.8, 4) is 0 Å². The average molecular weight is 438 g/mol. The maximum Gasteiger partial charge on any atom is 0.255 e. The van der Waals surface area contributed by atoms with Crippen LogP contribution in [0.15, 0.2) is 65.6 Å². The van der Waals surface area contributed by atoms with Crippen molar-refractivity contribution in [2.45, 2.75) is 31.2 Å². The lowest BCUT2D eigenvalue weighted by molar-refractivity contribution is 0.102. The van der Waals surface area contributed by atoms with E-state index in [9.17, 15) is 13.2 Å². The molecule has 0 aromatic heterocycles. The first-order valence-corrected chi connectivity index (χ1v) is 12.0. The summed E-state index contributed by atoms with van der Waals surface area (Å²) in [6, 6.07) is 17.8. The van der Waals surface area contributed by atoms with Gasteiger partial charge in [0.2, 0.25) is 10.0 Å². The number of hydrogen-bond donors (Lipinski definition) is 3. The van der Waals surface area contributed by atoms with Gasteiger partial charge in [-0.3, -0.25) is 4.79 Å². The van der Waals surface area contributed by atoms with Crippen LogP contribution in [0.2, 0.25) is 0 Å². The quantitative estimate of drug-likeness (QED) is 0.568. The van der Waals surface area contributed by atoms with Gasteiger partial charge in [-0.25, -0.2) is 13.1 Å². The highest BCUT2D eigenvalue weighted by Crippen LogP contribution is 2.30. The van der Waals surface area contributed by atoms with Gasteiger partial charge in [0.1, 0.15) is 0 Å². The van der Waals surface area contributed by atoms with E-state index in [2.05, 4.69) is 15.4 Å². The van der Waals surface area contributed by atoms with Crippen LogP contribution < -0.4 is 15.4 Å². The van der Waals surface area contributed by atoms with Crippen LogP contribution in [-0.4, -0.2) is 33.5 Å². The van der Waals surface area contributed by atoms with Gasteiger partial charge < -0.3 is 10.6 Å². The molecule has 0 saturated carbocycles. The average Bonchev–Trinajstić information content (AvgIpc) is 2.75. The maximum absolute atomic E-state index is 13.2. The highest BCUT2D eigenvalue weighted by atomic mass is 32.2. The first-order chi connectivity index (χ1) is 14.9. The Morgan fingerprint density at radius 3 is 2.45 bits per heavy atom. The molecule has 3 N–H and O–H groups in total. The molecule has 31 heavy (non-hydrogen) atoms.